The van der Waals surface area contributed by atoms with Crippen LogP contribution in [0.3, 0.4) is 0 Å². The van der Waals surface area contributed by atoms with Crippen LogP contribution in [0, 0.1) is 0 Å². The fourth-order valence-corrected chi connectivity index (χ4v) is 9.20. The molecule has 0 heterocycles. The first-order valence-electron chi connectivity index (χ1n) is 29.6. The van der Waals surface area contributed by atoms with Crippen LogP contribution in [0.1, 0.15) is 322 Å². The number of allylic oxidation sites excluding steroid dienone is 4. The number of carbonyl (C=O) groups is 2. The topological polar surface area (TPSA) is 95.9 Å². The number of hydrogen-bond acceptors (Lipinski definition) is 5. The first kappa shape index (κ1) is 64.3. The van der Waals surface area contributed by atoms with Crippen molar-refractivity contribution >= 4 is 11.9 Å². The summed E-state index contributed by atoms with van der Waals surface area (Å²) in [5.41, 5.74) is 0. The number of hydrogen-bond donors (Lipinski definition) is 3. The Morgan fingerprint density at radius 3 is 1.18 bits per heavy atom. The van der Waals surface area contributed by atoms with E-state index < -0.39 is 12.1 Å². The van der Waals surface area contributed by atoms with Crippen LogP contribution in [-0.2, 0) is 14.3 Å². The summed E-state index contributed by atoms with van der Waals surface area (Å²) in [6.45, 7) is 4.90. The molecule has 66 heavy (non-hydrogen) atoms. The lowest BCUT2D eigenvalue weighted by Gasteiger charge is -2.22. The van der Waals surface area contributed by atoms with Gasteiger partial charge in [-0.3, -0.25) is 9.59 Å². The molecule has 0 rings (SSSR count). The summed E-state index contributed by atoms with van der Waals surface area (Å²) in [5, 5.41) is 23.3. The minimum Gasteiger partial charge on any atom is -0.466 e. The summed E-state index contributed by atoms with van der Waals surface area (Å²) in [5.74, 6) is -0.0719. The third-order valence-electron chi connectivity index (χ3n) is 13.8. The second kappa shape index (κ2) is 55.9. The summed E-state index contributed by atoms with van der Waals surface area (Å²) in [4.78, 5) is 24.6. The number of ether oxygens (including phenoxy) is 1. The number of aliphatic hydroxyl groups excluding tert-OH is 2. The van der Waals surface area contributed by atoms with Gasteiger partial charge in [-0.25, -0.2) is 0 Å². The van der Waals surface area contributed by atoms with Gasteiger partial charge in [0.2, 0.25) is 5.91 Å². The quantitative estimate of drug-likeness (QED) is 0.0321. The second-order valence-corrected chi connectivity index (χ2v) is 20.3. The smallest absolute Gasteiger partial charge is 0.305 e. The summed E-state index contributed by atoms with van der Waals surface area (Å²) in [6, 6.07) is -0.557. The lowest BCUT2D eigenvalue weighted by atomic mass is 10.0. The summed E-state index contributed by atoms with van der Waals surface area (Å²) < 4.78 is 5.47. The Labute approximate surface area is 411 Å². The van der Waals surface area contributed by atoms with Crippen LogP contribution >= 0.6 is 0 Å². The van der Waals surface area contributed by atoms with Gasteiger partial charge >= 0.3 is 5.97 Å². The molecule has 0 aromatic carbocycles. The van der Waals surface area contributed by atoms with Gasteiger partial charge in [-0.15, -0.1) is 0 Å². The Hall–Kier alpha value is -1.66. The number of esters is 1. The molecule has 390 valence electrons. The van der Waals surface area contributed by atoms with Gasteiger partial charge in [0, 0.05) is 12.8 Å². The van der Waals surface area contributed by atoms with Gasteiger partial charge in [0.1, 0.15) is 0 Å². The zero-order valence-corrected chi connectivity index (χ0v) is 44.4. The first-order chi connectivity index (χ1) is 32.5. The van der Waals surface area contributed by atoms with E-state index in [-0.39, 0.29) is 18.5 Å². The minimum absolute atomic E-state index is 0.0204. The standard InChI is InChI=1S/C60H115NO5/c1-3-5-7-9-11-13-15-17-19-21-22-23-24-26-27-29-32-36-40-44-48-52-58(63)57(56-62)61-59(64)53-49-45-41-37-33-31-35-39-43-47-51-55-66-60(65)54-50-46-42-38-34-30-28-25-20-18-16-14-12-10-8-6-4-2/h12,14,18,20,57-58,62-63H,3-11,13,15-17,19,21-56H2,1-2H3,(H,61,64)/b14-12-,20-18-. The Kier molecular flexibility index (Phi) is 54.5. The molecule has 0 aliphatic heterocycles. The molecule has 1 amide bonds. The summed E-state index contributed by atoms with van der Waals surface area (Å²) >= 11 is 0. The van der Waals surface area contributed by atoms with Crippen molar-refractivity contribution in [1.82, 2.24) is 5.32 Å². The SMILES string of the molecule is CCCCC/C=C\C/C=C\CCCCCCCCCC(=O)OCCCCCCCCCCCCCC(=O)NC(CO)C(O)CCCCCCCCCCCCCCCCCCCCCCC. The Morgan fingerprint density at radius 2 is 0.758 bits per heavy atom. The van der Waals surface area contributed by atoms with Crippen LogP contribution in [0.25, 0.3) is 0 Å². The van der Waals surface area contributed by atoms with Crippen molar-refractivity contribution in [3.05, 3.63) is 24.3 Å². The van der Waals surface area contributed by atoms with E-state index in [9.17, 15) is 19.8 Å². The van der Waals surface area contributed by atoms with E-state index in [4.69, 9.17) is 4.74 Å². The van der Waals surface area contributed by atoms with Crippen LogP contribution < -0.4 is 5.32 Å². The molecule has 2 unspecified atom stereocenters. The van der Waals surface area contributed by atoms with E-state index in [1.807, 2.05) is 0 Å². The Bertz CT molecular complexity index is 1030. The molecule has 0 aromatic heterocycles. The number of aliphatic hydroxyl groups is 2. The molecule has 0 aromatic rings. The van der Waals surface area contributed by atoms with E-state index in [0.717, 1.165) is 64.2 Å². The summed E-state index contributed by atoms with van der Waals surface area (Å²) in [6.07, 6.45) is 67.3. The molecule has 0 aliphatic carbocycles. The molecule has 0 spiro atoms. The van der Waals surface area contributed by atoms with Crippen molar-refractivity contribution in [3.63, 3.8) is 0 Å². The zero-order valence-electron chi connectivity index (χ0n) is 44.4. The van der Waals surface area contributed by atoms with E-state index >= 15 is 0 Å². The predicted octanol–water partition coefficient (Wildman–Crippen LogP) is 18.2. The number of rotatable bonds is 55. The van der Waals surface area contributed by atoms with E-state index in [1.165, 1.54) is 225 Å². The highest BCUT2D eigenvalue weighted by molar-refractivity contribution is 5.76. The Balaban J connectivity index is 3.46. The van der Waals surface area contributed by atoms with Gasteiger partial charge in [-0.05, 0) is 57.8 Å². The van der Waals surface area contributed by atoms with Crippen molar-refractivity contribution in [2.45, 2.75) is 334 Å². The third kappa shape index (κ3) is 51.7. The van der Waals surface area contributed by atoms with Crippen LogP contribution in [0.5, 0.6) is 0 Å². The summed E-state index contributed by atoms with van der Waals surface area (Å²) in [7, 11) is 0. The van der Waals surface area contributed by atoms with Gasteiger partial charge < -0.3 is 20.3 Å². The molecule has 6 heteroatoms. The van der Waals surface area contributed by atoms with Gasteiger partial charge in [-0.1, -0.05) is 276 Å². The highest BCUT2D eigenvalue weighted by Gasteiger charge is 2.20. The molecule has 0 radical (unpaired) electrons. The number of nitrogens with one attached hydrogen (secondary N) is 1. The van der Waals surface area contributed by atoms with Crippen molar-refractivity contribution in [1.29, 1.82) is 0 Å². The van der Waals surface area contributed by atoms with Gasteiger partial charge in [0.15, 0.2) is 0 Å². The number of unbranched alkanes of at least 4 members (excludes halogenated alkanes) is 40. The molecular weight excluding hydrogens is 815 g/mol. The normalized spacial score (nSPS) is 12.7. The average molecular weight is 931 g/mol. The van der Waals surface area contributed by atoms with Gasteiger partial charge in [-0.2, -0.15) is 0 Å². The van der Waals surface area contributed by atoms with Gasteiger partial charge in [0.25, 0.3) is 0 Å². The monoisotopic (exact) mass is 930 g/mol. The average Bonchev–Trinajstić information content (AvgIpc) is 3.32. The van der Waals surface area contributed by atoms with Crippen molar-refractivity contribution in [2.75, 3.05) is 13.2 Å². The maximum atomic E-state index is 12.5. The highest BCUT2D eigenvalue weighted by Crippen LogP contribution is 2.17. The lowest BCUT2D eigenvalue weighted by Crippen LogP contribution is -2.45. The minimum atomic E-state index is -0.678. The second-order valence-electron chi connectivity index (χ2n) is 20.3. The van der Waals surface area contributed by atoms with E-state index in [0.29, 0.717) is 25.9 Å². The molecule has 0 aliphatic rings. The first-order valence-corrected chi connectivity index (χ1v) is 29.6. The third-order valence-corrected chi connectivity index (χ3v) is 13.8. The van der Waals surface area contributed by atoms with E-state index in [1.54, 1.807) is 0 Å². The number of amides is 1. The van der Waals surface area contributed by atoms with Crippen LogP contribution in [0.4, 0.5) is 0 Å². The molecule has 6 nitrogen and oxygen atoms in total. The maximum absolute atomic E-state index is 12.5. The van der Waals surface area contributed by atoms with Crippen LogP contribution in [0.15, 0.2) is 24.3 Å². The predicted molar refractivity (Wildman–Crippen MR) is 287 cm³/mol. The van der Waals surface area contributed by atoms with Crippen molar-refractivity contribution < 1.29 is 24.5 Å². The van der Waals surface area contributed by atoms with E-state index in [2.05, 4.69) is 43.5 Å². The molecule has 2 atom stereocenters. The van der Waals surface area contributed by atoms with Crippen molar-refractivity contribution in [2.24, 2.45) is 0 Å². The van der Waals surface area contributed by atoms with Gasteiger partial charge in [0.05, 0.1) is 25.4 Å². The maximum Gasteiger partial charge on any atom is 0.305 e. The van der Waals surface area contributed by atoms with Crippen LogP contribution in [-0.4, -0.2) is 47.4 Å². The Morgan fingerprint density at radius 1 is 0.424 bits per heavy atom. The molecule has 0 bridgehead atoms. The molecule has 0 saturated heterocycles. The number of carbonyl (C=O) groups excluding carboxylic acids is 2. The van der Waals surface area contributed by atoms with Crippen molar-refractivity contribution in [3.8, 4) is 0 Å². The highest BCUT2D eigenvalue weighted by atomic mass is 16.5. The lowest BCUT2D eigenvalue weighted by molar-refractivity contribution is -0.143. The largest absolute Gasteiger partial charge is 0.466 e. The fraction of sp³-hybridized carbons (Fsp3) is 0.900. The molecule has 3 N–H and O–H groups in total. The van der Waals surface area contributed by atoms with Crippen LogP contribution in [0.2, 0.25) is 0 Å². The molecule has 0 fully saturated rings. The zero-order chi connectivity index (χ0) is 47.9. The molecule has 0 saturated carbocycles. The fourth-order valence-electron chi connectivity index (χ4n) is 9.20. The molecular formula is C60H115NO5.